The van der Waals surface area contributed by atoms with Gasteiger partial charge in [-0.25, -0.2) is 0 Å². The molecule has 0 aliphatic carbocycles. The maximum Gasteiger partial charge on any atom is 0.217 e. The number of nitrogens with zero attached hydrogens (tertiary/aromatic N) is 1. The second-order valence-electron chi connectivity index (χ2n) is 5.74. The molecule has 1 amide bonds. The van der Waals surface area contributed by atoms with Crippen LogP contribution in [0.25, 0.3) is 0 Å². The van der Waals surface area contributed by atoms with E-state index in [0.717, 1.165) is 19.6 Å². The van der Waals surface area contributed by atoms with Crippen LogP contribution in [0.3, 0.4) is 0 Å². The van der Waals surface area contributed by atoms with Crippen LogP contribution in [0.1, 0.15) is 25.0 Å². The van der Waals surface area contributed by atoms with E-state index in [4.69, 9.17) is 0 Å². The van der Waals surface area contributed by atoms with E-state index in [-0.39, 0.29) is 11.9 Å². The van der Waals surface area contributed by atoms with E-state index in [0.29, 0.717) is 0 Å². The number of carbonyl (C=O) groups excluding carboxylic acids is 1. The summed E-state index contributed by atoms with van der Waals surface area (Å²) >= 11 is 0. The van der Waals surface area contributed by atoms with Gasteiger partial charge < -0.3 is 5.32 Å². The molecule has 0 aliphatic rings. The van der Waals surface area contributed by atoms with Crippen molar-refractivity contribution in [2.75, 3.05) is 6.54 Å². The van der Waals surface area contributed by atoms with Gasteiger partial charge >= 0.3 is 0 Å². The van der Waals surface area contributed by atoms with E-state index in [1.807, 2.05) is 19.1 Å². The van der Waals surface area contributed by atoms with Crippen molar-refractivity contribution in [3.63, 3.8) is 0 Å². The van der Waals surface area contributed by atoms with Crippen LogP contribution in [-0.2, 0) is 17.9 Å². The van der Waals surface area contributed by atoms with Crippen molar-refractivity contribution >= 4 is 5.91 Å². The van der Waals surface area contributed by atoms with E-state index >= 15 is 0 Å². The Morgan fingerprint density at radius 3 is 1.82 bits per heavy atom. The highest BCUT2D eigenvalue weighted by Crippen LogP contribution is 2.10. The van der Waals surface area contributed by atoms with Crippen molar-refractivity contribution < 1.29 is 4.79 Å². The number of nitrogens with one attached hydrogen (secondary N) is 1. The van der Waals surface area contributed by atoms with Crippen LogP contribution in [0.2, 0.25) is 0 Å². The van der Waals surface area contributed by atoms with E-state index in [9.17, 15) is 4.79 Å². The fraction of sp³-hybridized carbons (Fsp3) is 0.316. The molecule has 0 saturated heterocycles. The summed E-state index contributed by atoms with van der Waals surface area (Å²) in [5.41, 5.74) is 2.57. The quantitative estimate of drug-likeness (QED) is 0.851. The first kappa shape index (κ1) is 16.2. The summed E-state index contributed by atoms with van der Waals surface area (Å²) in [5.74, 6) is 0.0203. The Morgan fingerprint density at radius 1 is 0.955 bits per heavy atom. The van der Waals surface area contributed by atoms with E-state index in [1.54, 1.807) is 6.92 Å². The molecule has 2 aromatic rings. The minimum absolute atomic E-state index is 0.0203. The van der Waals surface area contributed by atoms with Crippen molar-refractivity contribution in [3.8, 4) is 0 Å². The lowest BCUT2D eigenvalue weighted by molar-refractivity contribution is -0.119. The average Bonchev–Trinajstić information content (AvgIpc) is 2.48. The summed E-state index contributed by atoms with van der Waals surface area (Å²) in [6, 6.07) is 21.0. The van der Waals surface area contributed by atoms with E-state index < -0.39 is 0 Å². The minimum Gasteiger partial charge on any atom is -0.353 e. The van der Waals surface area contributed by atoms with Crippen molar-refractivity contribution in [3.05, 3.63) is 71.8 Å². The number of carbonyl (C=O) groups is 1. The van der Waals surface area contributed by atoms with Crippen LogP contribution < -0.4 is 5.32 Å². The Hall–Kier alpha value is -2.13. The molecule has 116 valence electrons. The summed E-state index contributed by atoms with van der Waals surface area (Å²) in [5, 5.41) is 2.96. The van der Waals surface area contributed by atoms with Crippen LogP contribution in [0.5, 0.6) is 0 Å². The smallest absolute Gasteiger partial charge is 0.217 e. The third-order valence-electron chi connectivity index (χ3n) is 3.48. The number of amides is 1. The second kappa shape index (κ2) is 8.35. The van der Waals surface area contributed by atoms with Gasteiger partial charge in [-0.15, -0.1) is 0 Å². The fourth-order valence-electron chi connectivity index (χ4n) is 2.65. The van der Waals surface area contributed by atoms with Gasteiger partial charge in [0.15, 0.2) is 0 Å². The van der Waals surface area contributed by atoms with Crippen molar-refractivity contribution in [1.29, 1.82) is 0 Å². The van der Waals surface area contributed by atoms with Gasteiger partial charge in [-0.1, -0.05) is 60.7 Å². The Balaban J connectivity index is 2.04. The van der Waals surface area contributed by atoms with E-state index in [1.165, 1.54) is 11.1 Å². The number of hydrogen-bond acceptors (Lipinski definition) is 2. The molecular formula is C19H24N2O. The van der Waals surface area contributed by atoms with Gasteiger partial charge in [0, 0.05) is 32.6 Å². The molecule has 22 heavy (non-hydrogen) atoms. The lowest BCUT2D eigenvalue weighted by Crippen LogP contribution is -2.40. The Labute approximate surface area is 133 Å². The number of benzene rings is 2. The third-order valence-corrected chi connectivity index (χ3v) is 3.48. The van der Waals surface area contributed by atoms with Crippen molar-refractivity contribution in [2.45, 2.75) is 33.0 Å². The predicted octanol–water partition coefficient (Wildman–Crippen LogP) is 3.21. The summed E-state index contributed by atoms with van der Waals surface area (Å²) in [7, 11) is 0. The van der Waals surface area contributed by atoms with Crippen molar-refractivity contribution in [1.82, 2.24) is 10.2 Å². The SMILES string of the molecule is CC(=O)N[C@H](C)CN(Cc1ccccc1)Cc1ccccc1. The fourth-order valence-corrected chi connectivity index (χ4v) is 2.65. The normalized spacial score (nSPS) is 12.1. The summed E-state index contributed by atoms with van der Waals surface area (Å²) in [6.45, 7) is 6.18. The van der Waals surface area contributed by atoms with Gasteiger partial charge in [0.1, 0.15) is 0 Å². The Bertz CT molecular complexity index is 527. The molecule has 2 aromatic carbocycles. The lowest BCUT2D eigenvalue weighted by atomic mass is 10.1. The molecule has 3 heteroatoms. The molecule has 2 rings (SSSR count). The summed E-state index contributed by atoms with van der Waals surface area (Å²) < 4.78 is 0. The zero-order chi connectivity index (χ0) is 15.8. The molecule has 0 bridgehead atoms. The van der Waals surface area contributed by atoms with E-state index in [2.05, 4.69) is 58.7 Å². The van der Waals surface area contributed by atoms with Gasteiger partial charge in [-0.05, 0) is 18.1 Å². The van der Waals surface area contributed by atoms with Gasteiger partial charge in [-0.3, -0.25) is 9.69 Å². The molecule has 0 fully saturated rings. The highest BCUT2D eigenvalue weighted by molar-refractivity contribution is 5.73. The third kappa shape index (κ3) is 5.70. The molecule has 0 saturated carbocycles. The van der Waals surface area contributed by atoms with Crippen LogP contribution in [0, 0.1) is 0 Å². The largest absolute Gasteiger partial charge is 0.353 e. The van der Waals surface area contributed by atoms with Gasteiger partial charge in [-0.2, -0.15) is 0 Å². The summed E-state index contributed by atoms with van der Waals surface area (Å²) in [4.78, 5) is 13.6. The first-order valence-electron chi connectivity index (χ1n) is 7.71. The first-order chi connectivity index (χ1) is 10.6. The predicted molar refractivity (Wildman–Crippen MR) is 90.3 cm³/mol. The standard InChI is InChI=1S/C19H24N2O/c1-16(20-17(2)22)13-21(14-18-9-5-3-6-10-18)15-19-11-7-4-8-12-19/h3-12,16H,13-15H2,1-2H3,(H,20,22)/t16-/m1/s1. The average molecular weight is 296 g/mol. The maximum absolute atomic E-state index is 11.2. The van der Waals surface area contributed by atoms with Crippen LogP contribution >= 0.6 is 0 Å². The van der Waals surface area contributed by atoms with Gasteiger partial charge in [0.2, 0.25) is 5.91 Å². The number of rotatable bonds is 7. The highest BCUT2D eigenvalue weighted by atomic mass is 16.1. The lowest BCUT2D eigenvalue weighted by Gasteiger charge is -2.26. The molecule has 0 heterocycles. The maximum atomic E-state index is 11.2. The Morgan fingerprint density at radius 2 is 1.41 bits per heavy atom. The zero-order valence-corrected chi connectivity index (χ0v) is 13.3. The highest BCUT2D eigenvalue weighted by Gasteiger charge is 2.12. The molecule has 1 atom stereocenters. The Kier molecular flexibility index (Phi) is 6.16. The number of hydrogen-bond donors (Lipinski definition) is 1. The molecule has 0 radical (unpaired) electrons. The zero-order valence-electron chi connectivity index (χ0n) is 13.3. The molecule has 0 aromatic heterocycles. The van der Waals surface area contributed by atoms with Crippen molar-refractivity contribution in [2.24, 2.45) is 0 Å². The second-order valence-corrected chi connectivity index (χ2v) is 5.74. The molecular weight excluding hydrogens is 272 g/mol. The van der Waals surface area contributed by atoms with Gasteiger partial charge in [0.05, 0.1) is 0 Å². The van der Waals surface area contributed by atoms with Gasteiger partial charge in [0.25, 0.3) is 0 Å². The topological polar surface area (TPSA) is 32.3 Å². The van der Waals surface area contributed by atoms with Crippen LogP contribution in [0.15, 0.2) is 60.7 Å². The van der Waals surface area contributed by atoms with Crippen LogP contribution in [-0.4, -0.2) is 23.4 Å². The monoisotopic (exact) mass is 296 g/mol. The molecule has 1 N–H and O–H groups in total. The molecule has 0 aliphatic heterocycles. The minimum atomic E-state index is 0.0203. The van der Waals surface area contributed by atoms with Crippen LogP contribution in [0.4, 0.5) is 0 Å². The molecule has 0 spiro atoms. The summed E-state index contributed by atoms with van der Waals surface area (Å²) in [6.07, 6.45) is 0. The molecule has 0 unspecified atom stereocenters. The first-order valence-corrected chi connectivity index (χ1v) is 7.71. The molecule has 3 nitrogen and oxygen atoms in total.